The summed E-state index contributed by atoms with van der Waals surface area (Å²) < 4.78 is 11.8. The Morgan fingerprint density at radius 2 is 2.03 bits per heavy atom. The fourth-order valence-corrected chi connectivity index (χ4v) is 5.60. The molecule has 1 aromatic carbocycles. The Morgan fingerprint density at radius 3 is 2.74 bits per heavy atom. The Morgan fingerprint density at radius 1 is 1.23 bits per heavy atom. The third kappa shape index (κ3) is 4.09. The highest BCUT2D eigenvalue weighted by Gasteiger charge is 2.42. The van der Waals surface area contributed by atoms with Gasteiger partial charge in [0.2, 0.25) is 5.95 Å². The van der Waals surface area contributed by atoms with E-state index in [0.717, 1.165) is 86.7 Å². The highest BCUT2D eigenvalue weighted by atomic mass is 35.5. The van der Waals surface area contributed by atoms with Gasteiger partial charge in [-0.2, -0.15) is 4.98 Å². The number of ether oxygens (including phenoxy) is 2. The number of anilines is 2. The maximum absolute atomic E-state index is 9.96. The molecule has 0 saturated carbocycles. The van der Waals surface area contributed by atoms with Crippen molar-refractivity contribution in [2.45, 2.75) is 57.3 Å². The molecule has 8 heteroatoms. The molecule has 0 bridgehead atoms. The Hall–Kier alpha value is -1.67. The number of aliphatic hydroxyl groups is 1. The summed E-state index contributed by atoms with van der Waals surface area (Å²) in [5.74, 6) is 1.72. The molecule has 0 amide bonds. The Bertz CT molecular complexity index is 963. The van der Waals surface area contributed by atoms with Crippen LogP contribution in [-0.2, 0) is 9.47 Å². The van der Waals surface area contributed by atoms with Crippen LogP contribution in [0.5, 0.6) is 0 Å². The van der Waals surface area contributed by atoms with E-state index in [2.05, 4.69) is 16.7 Å². The van der Waals surface area contributed by atoms with E-state index >= 15 is 0 Å². The summed E-state index contributed by atoms with van der Waals surface area (Å²) in [6, 6.07) is 3.93. The minimum atomic E-state index is -0.337. The Kier molecular flexibility index (Phi) is 5.71. The normalized spacial score (nSPS) is 25.8. The van der Waals surface area contributed by atoms with Crippen molar-refractivity contribution in [3.8, 4) is 0 Å². The number of hydrogen-bond donors (Lipinski definition) is 1. The van der Waals surface area contributed by atoms with Crippen LogP contribution in [0, 0.1) is 6.92 Å². The van der Waals surface area contributed by atoms with Crippen LogP contribution < -0.4 is 9.80 Å². The van der Waals surface area contributed by atoms with Crippen molar-refractivity contribution < 1.29 is 14.6 Å². The number of piperidine rings is 1. The second kappa shape index (κ2) is 8.35. The van der Waals surface area contributed by atoms with Crippen LogP contribution in [0.2, 0.25) is 5.02 Å². The number of nitrogens with zero attached hydrogens (tertiary/aromatic N) is 4. The van der Waals surface area contributed by atoms with E-state index in [4.69, 9.17) is 31.0 Å². The molecule has 1 spiro atoms. The molecule has 2 aromatic rings. The summed E-state index contributed by atoms with van der Waals surface area (Å²) in [4.78, 5) is 14.5. The van der Waals surface area contributed by atoms with E-state index in [1.54, 1.807) is 0 Å². The minimum absolute atomic E-state index is 0.181. The number of halogens is 1. The number of hydrogen-bond acceptors (Lipinski definition) is 7. The molecule has 3 aliphatic heterocycles. The Labute approximate surface area is 188 Å². The smallest absolute Gasteiger partial charge is 0.227 e. The molecule has 0 radical (unpaired) electrons. The summed E-state index contributed by atoms with van der Waals surface area (Å²) in [6.07, 6.45) is 3.41. The average molecular weight is 447 g/mol. The molecule has 168 valence electrons. The Balaban J connectivity index is 1.48. The fraction of sp³-hybridized carbons (Fsp3) is 0.652. The molecule has 4 heterocycles. The highest BCUT2D eigenvalue weighted by molar-refractivity contribution is 6.31. The average Bonchev–Trinajstić information content (AvgIpc) is 3.35. The van der Waals surface area contributed by atoms with Crippen LogP contribution in [0.3, 0.4) is 0 Å². The number of fused-ring (bicyclic) bond motifs is 1. The number of aromatic nitrogens is 2. The summed E-state index contributed by atoms with van der Waals surface area (Å²) in [5, 5.41) is 11.7. The van der Waals surface area contributed by atoms with E-state index in [1.165, 1.54) is 0 Å². The molecule has 5 rings (SSSR count). The number of aliphatic hydroxyl groups excluding tert-OH is 1. The fourth-order valence-electron chi connectivity index (χ4n) is 5.33. The summed E-state index contributed by atoms with van der Waals surface area (Å²) in [5.41, 5.74) is 1.79. The monoisotopic (exact) mass is 446 g/mol. The molecular weight excluding hydrogens is 416 g/mol. The van der Waals surface area contributed by atoms with Crippen LogP contribution in [0.25, 0.3) is 10.9 Å². The van der Waals surface area contributed by atoms with Crippen molar-refractivity contribution in [1.82, 2.24) is 9.97 Å². The van der Waals surface area contributed by atoms with Crippen LogP contribution in [-0.4, -0.2) is 72.3 Å². The summed E-state index contributed by atoms with van der Waals surface area (Å²) in [6.45, 7) is 8.69. The predicted octanol–water partition coefficient (Wildman–Crippen LogP) is 3.33. The first-order valence-corrected chi connectivity index (χ1v) is 11.8. The number of rotatable bonds is 4. The third-order valence-corrected chi connectivity index (χ3v) is 7.14. The van der Waals surface area contributed by atoms with Gasteiger partial charge < -0.3 is 24.4 Å². The molecular formula is C23H31ClN4O3. The molecule has 3 fully saturated rings. The van der Waals surface area contributed by atoms with Gasteiger partial charge in [-0.1, -0.05) is 11.6 Å². The van der Waals surface area contributed by atoms with Gasteiger partial charge >= 0.3 is 0 Å². The van der Waals surface area contributed by atoms with Gasteiger partial charge in [0.05, 0.1) is 29.9 Å². The largest absolute Gasteiger partial charge is 0.391 e. The lowest BCUT2D eigenvalue weighted by molar-refractivity contribution is -0.0167. The lowest BCUT2D eigenvalue weighted by Gasteiger charge is -2.39. The number of benzene rings is 1. The number of aryl methyl sites for hydroxylation is 1. The molecule has 0 aliphatic carbocycles. The standard InChI is InChI=1S/C23H31ClN4O3/c1-3-30-18-4-7-28(13-18)22-25-19-11-16(24)10-15(2)20(19)21(26-22)27-8-5-23(6-9-27)12-17(29)14-31-23/h10-11,17-18,29H,3-9,12-14H2,1-2H3/t17?,18-/m0/s1. The second-order valence-corrected chi connectivity index (χ2v) is 9.55. The molecule has 2 atom stereocenters. The van der Waals surface area contributed by atoms with Crippen LogP contribution in [0.15, 0.2) is 12.1 Å². The van der Waals surface area contributed by atoms with Gasteiger partial charge in [0.25, 0.3) is 0 Å². The SMILES string of the molecule is CCO[C@H]1CCN(c2nc(N3CCC4(CC3)CC(O)CO4)c3c(C)cc(Cl)cc3n2)C1. The van der Waals surface area contributed by atoms with Gasteiger partial charge in [0, 0.05) is 49.6 Å². The van der Waals surface area contributed by atoms with E-state index < -0.39 is 0 Å². The topological polar surface area (TPSA) is 71.0 Å². The van der Waals surface area contributed by atoms with Gasteiger partial charge in [-0.15, -0.1) is 0 Å². The van der Waals surface area contributed by atoms with Crippen LogP contribution in [0.4, 0.5) is 11.8 Å². The van der Waals surface area contributed by atoms with Gasteiger partial charge in [0.15, 0.2) is 0 Å². The van der Waals surface area contributed by atoms with Gasteiger partial charge in [-0.3, -0.25) is 0 Å². The van der Waals surface area contributed by atoms with Gasteiger partial charge in [-0.05, 0) is 50.8 Å². The third-order valence-electron chi connectivity index (χ3n) is 6.92. The summed E-state index contributed by atoms with van der Waals surface area (Å²) in [7, 11) is 0. The lowest BCUT2D eigenvalue weighted by atomic mass is 9.88. The molecule has 31 heavy (non-hydrogen) atoms. The van der Waals surface area contributed by atoms with Crippen molar-refractivity contribution in [3.63, 3.8) is 0 Å². The van der Waals surface area contributed by atoms with Crippen LogP contribution >= 0.6 is 11.6 Å². The zero-order chi connectivity index (χ0) is 21.6. The van der Waals surface area contributed by atoms with Crippen molar-refractivity contribution in [2.24, 2.45) is 0 Å². The molecule has 3 saturated heterocycles. The molecule has 1 unspecified atom stereocenters. The maximum Gasteiger partial charge on any atom is 0.227 e. The van der Waals surface area contributed by atoms with Gasteiger partial charge in [0.1, 0.15) is 5.82 Å². The van der Waals surface area contributed by atoms with Crippen molar-refractivity contribution in [1.29, 1.82) is 0 Å². The van der Waals surface area contributed by atoms with E-state index in [0.29, 0.717) is 11.6 Å². The molecule has 1 aromatic heterocycles. The quantitative estimate of drug-likeness (QED) is 0.772. The lowest BCUT2D eigenvalue weighted by Crippen LogP contribution is -2.44. The summed E-state index contributed by atoms with van der Waals surface area (Å²) >= 11 is 6.39. The predicted molar refractivity (Wildman–Crippen MR) is 122 cm³/mol. The minimum Gasteiger partial charge on any atom is -0.391 e. The zero-order valence-corrected chi connectivity index (χ0v) is 19.1. The van der Waals surface area contributed by atoms with E-state index in [9.17, 15) is 5.11 Å². The molecule has 1 N–H and O–H groups in total. The first-order chi connectivity index (χ1) is 15.0. The van der Waals surface area contributed by atoms with Crippen molar-refractivity contribution in [2.75, 3.05) is 49.2 Å². The van der Waals surface area contributed by atoms with Gasteiger partial charge in [-0.25, -0.2) is 4.98 Å². The molecule has 3 aliphatic rings. The van der Waals surface area contributed by atoms with E-state index in [-0.39, 0.29) is 17.8 Å². The second-order valence-electron chi connectivity index (χ2n) is 9.12. The first-order valence-electron chi connectivity index (χ1n) is 11.4. The van der Waals surface area contributed by atoms with Crippen LogP contribution in [0.1, 0.15) is 38.2 Å². The highest BCUT2D eigenvalue weighted by Crippen LogP contribution is 2.39. The van der Waals surface area contributed by atoms with Crippen molar-refractivity contribution in [3.05, 3.63) is 22.7 Å². The zero-order valence-electron chi connectivity index (χ0n) is 18.3. The maximum atomic E-state index is 9.96. The molecule has 7 nitrogen and oxygen atoms in total. The van der Waals surface area contributed by atoms with Crippen molar-refractivity contribution >= 4 is 34.3 Å². The van der Waals surface area contributed by atoms with E-state index in [1.807, 2.05) is 19.1 Å². The first kappa shape index (κ1) is 21.2.